The lowest BCUT2D eigenvalue weighted by Crippen LogP contribution is -2.00. The molecule has 3 nitrogen and oxygen atoms in total. The number of hydrogen-bond donors (Lipinski definition) is 1. The van der Waals surface area contributed by atoms with Crippen molar-refractivity contribution in [2.45, 2.75) is 4.90 Å². The van der Waals surface area contributed by atoms with Crippen molar-refractivity contribution in [2.24, 2.45) is 0 Å². The van der Waals surface area contributed by atoms with E-state index in [2.05, 4.69) is 0 Å². The minimum atomic E-state index is -4.36. The largest absolute Gasteiger partial charge is 0.296 e. The van der Waals surface area contributed by atoms with E-state index in [4.69, 9.17) is 11.6 Å². The molecule has 0 heterocycles. The Hall–Kier alpha value is -1.62. The average Bonchev–Trinajstić information content (AvgIpc) is 2.36. The molecule has 1 N–H and O–H groups in total. The molecule has 3 aromatic rings. The van der Waals surface area contributed by atoms with Crippen LogP contribution in [0.2, 0.25) is 5.02 Å². The van der Waals surface area contributed by atoms with Crippen LogP contribution in [0.4, 0.5) is 0 Å². The third-order valence-corrected chi connectivity index (χ3v) is 4.47. The van der Waals surface area contributed by atoms with Crippen molar-refractivity contribution in [3.63, 3.8) is 0 Å². The highest BCUT2D eigenvalue weighted by Gasteiger charge is 2.19. The SMILES string of the molecule is O=S(=O)(O)c1c(Cl)ccc2c1ccc1ccccc12. The Kier molecular flexibility index (Phi) is 2.74. The van der Waals surface area contributed by atoms with Crippen LogP contribution in [0.5, 0.6) is 0 Å². The fourth-order valence-electron chi connectivity index (χ4n) is 2.30. The minimum absolute atomic E-state index is 0.0188. The topological polar surface area (TPSA) is 54.4 Å². The van der Waals surface area contributed by atoms with E-state index in [0.717, 1.165) is 16.2 Å². The fourth-order valence-corrected chi connectivity index (χ4v) is 3.52. The maximum atomic E-state index is 11.5. The molecule has 0 aliphatic heterocycles. The molecule has 0 amide bonds. The molecule has 3 rings (SSSR count). The Morgan fingerprint density at radius 3 is 2.26 bits per heavy atom. The molecule has 5 heteroatoms. The predicted octanol–water partition coefficient (Wildman–Crippen LogP) is 3.89. The smallest absolute Gasteiger partial charge is 0.282 e. The molecule has 19 heavy (non-hydrogen) atoms. The Morgan fingerprint density at radius 1 is 0.842 bits per heavy atom. The van der Waals surface area contributed by atoms with E-state index in [9.17, 15) is 13.0 Å². The van der Waals surface area contributed by atoms with Crippen molar-refractivity contribution in [1.82, 2.24) is 0 Å². The van der Waals surface area contributed by atoms with Crippen LogP contribution in [-0.2, 0) is 10.1 Å². The van der Waals surface area contributed by atoms with Gasteiger partial charge in [-0.05, 0) is 22.2 Å². The van der Waals surface area contributed by atoms with Gasteiger partial charge in [-0.15, -0.1) is 0 Å². The van der Waals surface area contributed by atoms with Gasteiger partial charge < -0.3 is 0 Å². The van der Waals surface area contributed by atoms with Crippen LogP contribution >= 0.6 is 11.6 Å². The van der Waals surface area contributed by atoms with Gasteiger partial charge in [0.2, 0.25) is 0 Å². The highest BCUT2D eigenvalue weighted by Crippen LogP contribution is 2.34. The fraction of sp³-hybridized carbons (Fsp3) is 0. The van der Waals surface area contributed by atoms with Crippen molar-refractivity contribution in [1.29, 1.82) is 0 Å². The van der Waals surface area contributed by atoms with Gasteiger partial charge in [-0.3, -0.25) is 4.55 Å². The summed E-state index contributed by atoms with van der Waals surface area (Å²) >= 11 is 5.90. The summed E-state index contributed by atoms with van der Waals surface area (Å²) in [4.78, 5) is -0.239. The summed E-state index contributed by atoms with van der Waals surface area (Å²) in [5.41, 5.74) is 0. The zero-order chi connectivity index (χ0) is 13.6. The summed E-state index contributed by atoms with van der Waals surface area (Å²) in [5.74, 6) is 0. The van der Waals surface area contributed by atoms with E-state index in [0.29, 0.717) is 5.39 Å². The summed E-state index contributed by atoms with van der Waals surface area (Å²) in [5, 5.41) is 3.11. The number of rotatable bonds is 1. The van der Waals surface area contributed by atoms with Gasteiger partial charge in [0.25, 0.3) is 10.1 Å². The third-order valence-electron chi connectivity index (χ3n) is 3.09. The van der Waals surface area contributed by atoms with E-state index < -0.39 is 10.1 Å². The second kappa shape index (κ2) is 4.20. The quantitative estimate of drug-likeness (QED) is 0.547. The van der Waals surface area contributed by atoms with Crippen molar-refractivity contribution in [3.8, 4) is 0 Å². The molecule has 0 atom stereocenters. The first-order valence-electron chi connectivity index (χ1n) is 5.56. The minimum Gasteiger partial charge on any atom is -0.282 e. The van der Waals surface area contributed by atoms with Crippen LogP contribution in [0.1, 0.15) is 0 Å². The molecule has 0 radical (unpaired) electrons. The van der Waals surface area contributed by atoms with Gasteiger partial charge in [-0.25, -0.2) is 0 Å². The lowest BCUT2D eigenvalue weighted by Gasteiger charge is -2.08. The van der Waals surface area contributed by atoms with Crippen LogP contribution in [-0.4, -0.2) is 13.0 Å². The monoisotopic (exact) mass is 292 g/mol. The van der Waals surface area contributed by atoms with Gasteiger partial charge in [0, 0.05) is 5.39 Å². The summed E-state index contributed by atoms with van der Waals surface area (Å²) in [6.07, 6.45) is 0. The second-order valence-electron chi connectivity index (χ2n) is 4.23. The van der Waals surface area contributed by atoms with Crippen LogP contribution < -0.4 is 0 Å². The van der Waals surface area contributed by atoms with Crippen molar-refractivity contribution in [2.75, 3.05) is 0 Å². The molecule has 0 spiro atoms. The first kappa shape index (κ1) is 12.4. The highest BCUT2D eigenvalue weighted by atomic mass is 35.5. The number of hydrogen-bond acceptors (Lipinski definition) is 2. The molecule has 0 aromatic heterocycles. The van der Waals surface area contributed by atoms with Gasteiger partial charge in [-0.1, -0.05) is 54.1 Å². The standard InChI is InChI=1S/C14H9ClO3S/c15-13-8-7-11-10-4-2-1-3-9(10)5-6-12(11)14(13)19(16,17)18/h1-8H,(H,16,17,18). The highest BCUT2D eigenvalue weighted by molar-refractivity contribution is 7.86. The third kappa shape index (κ3) is 1.98. The molecule has 96 valence electrons. The van der Waals surface area contributed by atoms with Crippen LogP contribution in [0, 0.1) is 0 Å². The van der Waals surface area contributed by atoms with E-state index in [1.807, 2.05) is 30.3 Å². The maximum Gasteiger partial charge on any atom is 0.296 e. The molecule has 0 bridgehead atoms. The number of fused-ring (bicyclic) bond motifs is 3. The maximum absolute atomic E-state index is 11.5. The Bertz CT molecular complexity index is 901. The normalized spacial score (nSPS) is 12.1. The second-order valence-corrected chi connectivity index (χ2v) is 6.00. The van der Waals surface area contributed by atoms with Crippen molar-refractivity contribution >= 4 is 43.3 Å². The Morgan fingerprint density at radius 2 is 1.53 bits per heavy atom. The van der Waals surface area contributed by atoms with Crippen LogP contribution in [0.3, 0.4) is 0 Å². The molecule has 3 aromatic carbocycles. The van der Waals surface area contributed by atoms with Crippen LogP contribution in [0.25, 0.3) is 21.5 Å². The lowest BCUT2D eigenvalue weighted by atomic mass is 10.0. The molecule has 0 aliphatic rings. The van der Waals surface area contributed by atoms with E-state index in [1.54, 1.807) is 12.1 Å². The molecule has 0 unspecified atom stereocenters. The predicted molar refractivity (Wildman–Crippen MR) is 76.3 cm³/mol. The summed E-state index contributed by atoms with van der Waals surface area (Å²) in [6.45, 7) is 0. The molecule has 0 aliphatic carbocycles. The average molecular weight is 293 g/mol. The molecule has 0 saturated carbocycles. The summed E-state index contributed by atoms with van der Waals surface area (Å²) < 4.78 is 32.3. The molecular weight excluding hydrogens is 284 g/mol. The summed E-state index contributed by atoms with van der Waals surface area (Å²) in [6, 6.07) is 14.3. The zero-order valence-electron chi connectivity index (χ0n) is 9.67. The first-order chi connectivity index (χ1) is 8.98. The lowest BCUT2D eigenvalue weighted by molar-refractivity contribution is 0.484. The van der Waals surface area contributed by atoms with Gasteiger partial charge in [-0.2, -0.15) is 8.42 Å². The van der Waals surface area contributed by atoms with E-state index in [-0.39, 0.29) is 9.92 Å². The van der Waals surface area contributed by atoms with Crippen LogP contribution in [0.15, 0.2) is 53.4 Å². The summed E-state index contributed by atoms with van der Waals surface area (Å²) in [7, 11) is -4.36. The first-order valence-corrected chi connectivity index (χ1v) is 7.38. The molecular formula is C14H9ClO3S. The Labute approximate surface area is 115 Å². The Balaban J connectivity index is 2.59. The van der Waals surface area contributed by atoms with E-state index in [1.165, 1.54) is 6.07 Å². The number of benzene rings is 3. The van der Waals surface area contributed by atoms with Crippen molar-refractivity contribution < 1.29 is 13.0 Å². The molecule has 0 fully saturated rings. The van der Waals surface area contributed by atoms with E-state index >= 15 is 0 Å². The van der Waals surface area contributed by atoms with Gasteiger partial charge in [0.05, 0.1) is 5.02 Å². The number of halogens is 1. The van der Waals surface area contributed by atoms with Gasteiger partial charge in [0.1, 0.15) is 4.90 Å². The zero-order valence-corrected chi connectivity index (χ0v) is 11.2. The van der Waals surface area contributed by atoms with Gasteiger partial charge >= 0.3 is 0 Å². The van der Waals surface area contributed by atoms with Crippen molar-refractivity contribution in [3.05, 3.63) is 53.6 Å². The van der Waals surface area contributed by atoms with Gasteiger partial charge in [0.15, 0.2) is 0 Å². The molecule has 0 saturated heterocycles.